The zero-order valence-electron chi connectivity index (χ0n) is 10.9. The van der Waals surface area contributed by atoms with E-state index in [0.717, 1.165) is 0 Å². The van der Waals surface area contributed by atoms with Crippen molar-refractivity contribution in [2.45, 2.75) is 39.7 Å². The maximum absolute atomic E-state index is 11.3. The fourth-order valence-electron chi connectivity index (χ4n) is 0.861. The first-order chi connectivity index (χ1) is 8.30. The predicted molar refractivity (Wildman–Crippen MR) is 63.7 cm³/mol. The molecule has 0 aliphatic rings. The van der Waals surface area contributed by atoms with Crippen molar-refractivity contribution in [2.75, 3.05) is 6.61 Å². The molecule has 0 aliphatic carbocycles. The van der Waals surface area contributed by atoms with Crippen LogP contribution >= 0.6 is 0 Å². The van der Waals surface area contributed by atoms with Gasteiger partial charge in [0.15, 0.2) is 5.71 Å². The summed E-state index contributed by atoms with van der Waals surface area (Å²) in [6.45, 7) is 6.87. The van der Waals surface area contributed by atoms with Crippen LogP contribution in [0.3, 0.4) is 0 Å². The summed E-state index contributed by atoms with van der Waals surface area (Å²) in [7, 11) is 0. The molecule has 0 fully saturated rings. The molecule has 7 nitrogen and oxygen atoms in total. The van der Waals surface area contributed by atoms with Gasteiger partial charge in [0.25, 0.3) is 0 Å². The normalized spacial score (nSPS) is 11.4. The number of rotatable bonds is 4. The van der Waals surface area contributed by atoms with Crippen LogP contribution in [0.1, 0.15) is 34.1 Å². The molecular weight excluding hydrogens is 238 g/mol. The molecule has 0 radical (unpaired) electrons. The Labute approximate surface area is 106 Å². The second kappa shape index (κ2) is 7.27. The van der Waals surface area contributed by atoms with E-state index in [1.807, 2.05) is 5.43 Å². The standard InChI is InChI=1S/C11H17N3O4/c1-5-17-9(15)8(6-7-12)13-14-10(16)18-11(2,3)4/h5-6H2,1-4H3,(H,14,16)/b13-8-. The summed E-state index contributed by atoms with van der Waals surface area (Å²) in [5, 5.41) is 12.0. The molecule has 0 aromatic carbocycles. The largest absolute Gasteiger partial charge is 0.461 e. The second-order valence-corrected chi connectivity index (χ2v) is 4.23. The van der Waals surface area contributed by atoms with Gasteiger partial charge < -0.3 is 9.47 Å². The molecule has 1 N–H and O–H groups in total. The topological polar surface area (TPSA) is 101 Å². The first-order valence-corrected chi connectivity index (χ1v) is 5.39. The van der Waals surface area contributed by atoms with E-state index in [4.69, 9.17) is 10.00 Å². The predicted octanol–water partition coefficient (Wildman–Crippen LogP) is 1.34. The van der Waals surface area contributed by atoms with Crippen LogP contribution in [0.15, 0.2) is 5.10 Å². The molecule has 18 heavy (non-hydrogen) atoms. The molecule has 1 amide bonds. The highest BCUT2D eigenvalue weighted by Gasteiger charge is 2.17. The molecule has 0 atom stereocenters. The Morgan fingerprint density at radius 2 is 2.00 bits per heavy atom. The van der Waals surface area contributed by atoms with Gasteiger partial charge in [0, 0.05) is 0 Å². The molecule has 0 aromatic heterocycles. The molecular formula is C11H17N3O4. The van der Waals surface area contributed by atoms with Gasteiger partial charge in [-0.05, 0) is 27.7 Å². The third-order valence-electron chi connectivity index (χ3n) is 1.44. The third-order valence-corrected chi connectivity index (χ3v) is 1.44. The Balaban J connectivity index is 4.55. The first-order valence-electron chi connectivity index (χ1n) is 5.39. The first kappa shape index (κ1) is 15.9. The van der Waals surface area contributed by atoms with Gasteiger partial charge in [-0.2, -0.15) is 10.4 Å². The number of nitrogens with zero attached hydrogens (tertiary/aromatic N) is 2. The van der Waals surface area contributed by atoms with Gasteiger partial charge in [0.05, 0.1) is 19.1 Å². The Morgan fingerprint density at radius 1 is 1.39 bits per heavy atom. The molecule has 0 unspecified atom stereocenters. The zero-order valence-corrected chi connectivity index (χ0v) is 10.9. The second-order valence-electron chi connectivity index (χ2n) is 4.23. The monoisotopic (exact) mass is 255 g/mol. The van der Waals surface area contributed by atoms with Gasteiger partial charge in [0.1, 0.15) is 5.60 Å². The number of ether oxygens (including phenoxy) is 2. The molecule has 100 valence electrons. The van der Waals surface area contributed by atoms with E-state index in [0.29, 0.717) is 0 Å². The van der Waals surface area contributed by atoms with E-state index in [9.17, 15) is 9.59 Å². The van der Waals surface area contributed by atoms with Crippen molar-refractivity contribution in [3.8, 4) is 6.07 Å². The Hall–Kier alpha value is -2.10. The van der Waals surface area contributed by atoms with E-state index in [2.05, 4.69) is 9.84 Å². The molecule has 0 aliphatic heterocycles. The lowest BCUT2D eigenvalue weighted by Gasteiger charge is -2.18. The van der Waals surface area contributed by atoms with Crippen LogP contribution < -0.4 is 5.43 Å². The lowest BCUT2D eigenvalue weighted by atomic mass is 10.2. The van der Waals surface area contributed by atoms with Gasteiger partial charge in [-0.25, -0.2) is 15.0 Å². The summed E-state index contributed by atoms with van der Waals surface area (Å²) >= 11 is 0. The summed E-state index contributed by atoms with van der Waals surface area (Å²) in [5.74, 6) is -0.741. The van der Waals surface area contributed by atoms with Crippen molar-refractivity contribution < 1.29 is 19.1 Å². The highest BCUT2D eigenvalue weighted by Crippen LogP contribution is 2.06. The van der Waals surface area contributed by atoms with Crippen molar-refractivity contribution in [1.82, 2.24) is 5.43 Å². The van der Waals surface area contributed by atoms with Gasteiger partial charge in [-0.1, -0.05) is 0 Å². The fraction of sp³-hybridized carbons (Fsp3) is 0.636. The van der Waals surface area contributed by atoms with Gasteiger partial charge in [0.2, 0.25) is 0 Å². The molecule has 0 bridgehead atoms. The van der Waals surface area contributed by atoms with Crippen LogP contribution in [-0.2, 0) is 14.3 Å². The van der Waals surface area contributed by atoms with Crippen LogP contribution in [-0.4, -0.2) is 30.0 Å². The molecule has 0 saturated heterocycles. The van der Waals surface area contributed by atoms with Gasteiger partial charge in [-0.15, -0.1) is 0 Å². The molecule has 7 heteroatoms. The lowest BCUT2D eigenvalue weighted by Crippen LogP contribution is -2.31. The summed E-state index contributed by atoms with van der Waals surface area (Å²) in [4.78, 5) is 22.6. The maximum Gasteiger partial charge on any atom is 0.428 e. The number of esters is 1. The SMILES string of the molecule is CCOC(=O)/C(CC#N)=N\NC(=O)OC(C)(C)C. The summed E-state index contributed by atoms with van der Waals surface area (Å²) < 4.78 is 9.59. The number of nitriles is 1. The van der Waals surface area contributed by atoms with E-state index >= 15 is 0 Å². The number of nitrogens with one attached hydrogen (secondary N) is 1. The van der Waals surface area contributed by atoms with E-state index in [1.54, 1.807) is 33.8 Å². The summed E-state index contributed by atoms with van der Waals surface area (Å²) in [6.07, 6.45) is -1.06. The van der Waals surface area contributed by atoms with E-state index < -0.39 is 17.7 Å². The smallest absolute Gasteiger partial charge is 0.428 e. The van der Waals surface area contributed by atoms with Gasteiger partial charge in [-0.3, -0.25) is 0 Å². The van der Waals surface area contributed by atoms with Crippen LogP contribution in [0.5, 0.6) is 0 Å². The number of carbonyl (C=O) groups is 2. The van der Waals surface area contributed by atoms with Crippen molar-refractivity contribution in [2.24, 2.45) is 5.10 Å². The maximum atomic E-state index is 11.3. The number of hydrazone groups is 1. The van der Waals surface area contributed by atoms with Crippen molar-refractivity contribution in [1.29, 1.82) is 5.26 Å². The summed E-state index contributed by atoms with van der Waals surface area (Å²) in [5.41, 5.74) is 1.19. The van der Waals surface area contributed by atoms with Crippen LogP contribution in [0, 0.1) is 11.3 Å². The highest BCUT2D eigenvalue weighted by molar-refractivity contribution is 6.37. The van der Waals surface area contributed by atoms with E-state index in [-0.39, 0.29) is 18.7 Å². The van der Waals surface area contributed by atoms with Crippen molar-refractivity contribution >= 4 is 17.8 Å². The number of carbonyl (C=O) groups excluding carboxylic acids is 2. The highest BCUT2D eigenvalue weighted by atomic mass is 16.6. The van der Waals surface area contributed by atoms with Gasteiger partial charge >= 0.3 is 12.1 Å². The number of hydrogen-bond donors (Lipinski definition) is 1. The minimum absolute atomic E-state index is 0.162. The Morgan fingerprint density at radius 3 is 2.44 bits per heavy atom. The molecule has 0 aromatic rings. The minimum Gasteiger partial charge on any atom is -0.461 e. The Kier molecular flexibility index (Phi) is 6.42. The molecule has 0 saturated carbocycles. The average Bonchev–Trinajstić information content (AvgIpc) is 2.21. The van der Waals surface area contributed by atoms with E-state index in [1.165, 1.54) is 0 Å². The van der Waals surface area contributed by atoms with Crippen molar-refractivity contribution in [3.05, 3.63) is 0 Å². The molecule has 0 rings (SSSR count). The fourth-order valence-corrected chi connectivity index (χ4v) is 0.861. The minimum atomic E-state index is -0.803. The third kappa shape index (κ3) is 7.22. The van der Waals surface area contributed by atoms with Crippen molar-refractivity contribution in [3.63, 3.8) is 0 Å². The van der Waals surface area contributed by atoms with Crippen LogP contribution in [0.4, 0.5) is 4.79 Å². The molecule has 0 heterocycles. The summed E-state index contributed by atoms with van der Waals surface area (Å²) in [6, 6.07) is 1.76. The number of amides is 1. The number of hydrogen-bond acceptors (Lipinski definition) is 6. The van der Waals surface area contributed by atoms with Crippen LogP contribution in [0.25, 0.3) is 0 Å². The zero-order chi connectivity index (χ0) is 14.2. The van der Waals surface area contributed by atoms with Crippen LogP contribution in [0.2, 0.25) is 0 Å². The Bertz CT molecular complexity index is 377. The molecule has 0 spiro atoms. The lowest BCUT2D eigenvalue weighted by molar-refractivity contribution is -0.135. The quantitative estimate of drug-likeness (QED) is 0.464. The average molecular weight is 255 g/mol.